The maximum atomic E-state index is 4.39. The number of aromatic amines is 1. The lowest BCUT2D eigenvalue weighted by Crippen LogP contribution is -2.14. The Balaban J connectivity index is 1.65. The summed E-state index contributed by atoms with van der Waals surface area (Å²) in [4.78, 5) is 5.60. The van der Waals surface area contributed by atoms with E-state index in [0.29, 0.717) is 0 Å². The number of rotatable bonds is 5. The van der Waals surface area contributed by atoms with E-state index in [2.05, 4.69) is 51.0 Å². The molecule has 0 saturated carbocycles. The fourth-order valence-corrected chi connectivity index (χ4v) is 2.85. The molecule has 0 aliphatic rings. The highest BCUT2D eigenvalue weighted by atomic mass is 32.1. The quantitative estimate of drug-likeness (QED) is 0.757. The van der Waals surface area contributed by atoms with E-state index in [-0.39, 0.29) is 0 Å². The van der Waals surface area contributed by atoms with Crippen molar-refractivity contribution in [2.24, 2.45) is 0 Å². The average molecular weight is 284 g/mol. The molecule has 4 nitrogen and oxygen atoms in total. The molecule has 102 valence electrons. The van der Waals surface area contributed by atoms with Gasteiger partial charge in [-0.3, -0.25) is 10.1 Å². The summed E-state index contributed by atoms with van der Waals surface area (Å²) in [5.41, 5.74) is 4.59. The third kappa shape index (κ3) is 2.79. The van der Waals surface area contributed by atoms with E-state index in [1.165, 1.54) is 16.0 Å². The van der Waals surface area contributed by atoms with Gasteiger partial charge < -0.3 is 5.32 Å². The molecule has 3 rings (SSSR count). The summed E-state index contributed by atoms with van der Waals surface area (Å²) >= 11 is 1.72. The van der Waals surface area contributed by atoms with Crippen LogP contribution in [0.25, 0.3) is 10.6 Å². The van der Waals surface area contributed by atoms with E-state index in [9.17, 15) is 0 Å². The summed E-state index contributed by atoms with van der Waals surface area (Å²) in [6.45, 7) is 3.63. The molecule has 0 aliphatic carbocycles. The normalized spacial score (nSPS) is 10.8. The summed E-state index contributed by atoms with van der Waals surface area (Å²) in [5.74, 6) is 0. The second-order valence-corrected chi connectivity index (χ2v) is 5.57. The van der Waals surface area contributed by atoms with Crippen molar-refractivity contribution in [2.45, 2.75) is 20.0 Å². The highest BCUT2D eigenvalue weighted by Crippen LogP contribution is 2.25. The number of thiophene rings is 1. The number of hydrogen-bond acceptors (Lipinski definition) is 4. The van der Waals surface area contributed by atoms with Gasteiger partial charge in [-0.05, 0) is 30.0 Å². The van der Waals surface area contributed by atoms with Gasteiger partial charge in [-0.1, -0.05) is 12.1 Å². The topological polar surface area (TPSA) is 53.6 Å². The molecule has 20 heavy (non-hydrogen) atoms. The zero-order valence-electron chi connectivity index (χ0n) is 11.3. The van der Waals surface area contributed by atoms with E-state index in [4.69, 9.17) is 0 Å². The molecule has 0 saturated heterocycles. The van der Waals surface area contributed by atoms with Crippen LogP contribution in [-0.2, 0) is 13.1 Å². The van der Waals surface area contributed by atoms with Gasteiger partial charge in [0.15, 0.2) is 0 Å². The first-order valence-electron chi connectivity index (χ1n) is 6.52. The summed E-state index contributed by atoms with van der Waals surface area (Å²) in [5, 5.41) is 12.7. The highest BCUT2D eigenvalue weighted by molar-refractivity contribution is 7.13. The van der Waals surface area contributed by atoms with Gasteiger partial charge in [-0.15, -0.1) is 11.3 Å². The van der Waals surface area contributed by atoms with Crippen LogP contribution in [0.4, 0.5) is 0 Å². The Hall–Kier alpha value is -1.98. The predicted octanol–water partition coefficient (Wildman–Crippen LogP) is 3.13. The molecular formula is C15H16N4S. The number of pyridine rings is 1. The minimum absolute atomic E-state index is 0.766. The van der Waals surface area contributed by atoms with E-state index >= 15 is 0 Å². The maximum absolute atomic E-state index is 4.39. The zero-order chi connectivity index (χ0) is 13.8. The van der Waals surface area contributed by atoms with Crippen LogP contribution < -0.4 is 5.32 Å². The first-order valence-corrected chi connectivity index (χ1v) is 7.40. The van der Waals surface area contributed by atoms with Crippen LogP contribution >= 0.6 is 11.3 Å². The summed E-state index contributed by atoms with van der Waals surface area (Å²) in [6.07, 6.45) is 3.71. The molecule has 0 spiro atoms. The van der Waals surface area contributed by atoms with Crippen molar-refractivity contribution in [1.29, 1.82) is 0 Å². The largest absolute Gasteiger partial charge is 0.307 e. The Labute approximate surface area is 121 Å². The Kier molecular flexibility index (Phi) is 3.90. The molecule has 0 fully saturated rings. The van der Waals surface area contributed by atoms with Crippen molar-refractivity contribution in [2.75, 3.05) is 0 Å². The van der Waals surface area contributed by atoms with E-state index < -0.39 is 0 Å². The van der Waals surface area contributed by atoms with Crippen LogP contribution in [-0.4, -0.2) is 15.2 Å². The Morgan fingerprint density at radius 1 is 1.25 bits per heavy atom. The van der Waals surface area contributed by atoms with Gasteiger partial charge in [0.2, 0.25) is 0 Å². The molecule has 0 aromatic carbocycles. The maximum Gasteiger partial charge on any atom is 0.0794 e. The zero-order valence-corrected chi connectivity index (χ0v) is 12.1. The highest BCUT2D eigenvalue weighted by Gasteiger charge is 2.08. The van der Waals surface area contributed by atoms with Crippen LogP contribution in [0.15, 0.2) is 42.0 Å². The molecule has 3 aromatic rings. The minimum atomic E-state index is 0.766. The molecule has 3 aromatic heterocycles. The lowest BCUT2D eigenvalue weighted by Gasteiger charge is -2.06. The van der Waals surface area contributed by atoms with Crippen molar-refractivity contribution in [3.05, 3.63) is 58.9 Å². The fraction of sp³-hybridized carbons (Fsp3) is 0.200. The van der Waals surface area contributed by atoms with Gasteiger partial charge in [0, 0.05) is 24.8 Å². The lowest BCUT2D eigenvalue weighted by atomic mass is 10.2. The summed E-state index contributed by atoms with van der Waals surface area (Å²) in [7, 11) is 0. The first kappa shape index (κ1) is 13.0. The van der Waals surface area contributed by atoms with Crippen LogP contribution in [0, 0.1) is 6.92 Å². The van der Waals surface area contributed by atoms with Crippen molar-refractivity contribution in [3.63, 3.8) is 0 Å². The van der Waals surface area contributed by atoms with Crippen LogP contribution in [0.3, 0.4) is 0 Å². The number of nitrogens with one attached hydrogen (secondary N) is 2. The van der Waals surface area contributed by atoms with Gasteiger partial charge in [-0.2, -0.15) is 5.10 Å². The second-order valence-electron chi connectivity index (χ2n) is 4.62. The van der Waals surface area contributed by atoms with Crippen LogP contribution in [0.2, 0.25) is 0 Å². The lowest BCUT2D eigenvalue weighted by molar-refractivity contribution is 0.677. The van der Waals surface area contributed by atoms with E-state index in [0.717, 1.165) is 24.5 Å². The third-order valence-corrected chi connectivity index (χ3v) is 4.10. The first-order chi connectivity index (χ1) is 9.84. The van der Waals surface area contributed by atoms with E-state index in [1.54, 1.807) is 11.3 Å². The van der Waals surface area contributed by atoms with Gasteiger partial charge in [-0.25, -0.2) is 0 Å². The van der Waals surface area contributed by atoms with Gasteiger partial charge >= 0.3 is 0 Å². The molecule has 0 radical (unpaired) electrons. The molecule has 0 amide bonds. The van der Waals surface area contributed by atoms with E-state index in [1.807, 2.05) is 18.5 Å². The number of H-pyrrole nitrogens is 1. The second kappa shape index (κ2) is 5.98. The molecule has 2 N–H and O–H groups in total. The molecule has 0 unspecified atom stereocenters. The minimum Gasteiger partial charge on any atom is -0.307 e. The molecular weight excluding hydrogens is 268 g/mol. The number of aromatic nitrogens is 3. The molecule has 3 heterocycles. The Morgan fingerprint density at radius 3 is 3.00 bits per heavy atom. The number of nitrogens with zero attached hydrogens (tertiary/aromatic N) is 2. The molecule has 0 bridgehead atoms. The van der Waals surface area contributed by atoms with Gasteiger partial charge in [0.25, 0.3) is 0 Å². The molecule has 5 heteroatoms. The Bertz CT molecular complexity index is 673. The van der Waals surface area contributed by atoms with Crippen molar-refractivity contribution >= 4 is 11.3 Å². The van der Waals surface area contributed by atoms with Gasteiger partial charge in [0.05, 0.1) is 22.5 Å². The average Bonchev–Trinajstić information content (AvgIpc) is 3.11. The molecule has 0 aliphatic heterocycles. The standard InChI is InChI=1S/C15H16N4S/c1-11-4-2-6-17-13(11)10-16-8-12-9-18-19-15(12)14-5-3-7-20-14/h2-7,9,16H,8,10H2,1H3,(H,18,19). The Morgan fingerprint density at radius 2 is 2.20 bits per heavy atom. The predicted molar refractivity (Wildman–Crippen MR) is 81.4 cm³/mol. The molecule has 0 atom stereocenters. The summed E-state index contributed by atoms with van der Waals surface area (Å²) < 4.78 is 0. The van der Waals surface area contributed by atoms with Gasteiger partial charge in [0.1, 0.15) is 0 Å². The number of hydrogen-bond donors (Lipinski definition) is 2. The van der Waals surface area contributed by atoms with Crippen LogP contribution in [0.1, 0.15) is 16.8 Å². The number of aryl methyl sites for hydroxylation is 1. The van der Waals surface area contributed by atoms with Crippen molar-refractivity contribution < 1.29 is 0 Å². The summed E-state index contributed by atoms with van der Waals surface area (Å²) in [6, 6.07) is 8.20. The van der Waals surface area contributed by atoms with Crippen molar-refractivity contribution in [3.8, 4) is 10.6 Å². The monoisotopic (exact) mass is 284 g/mol. The van der Waals surface area contributed by atoms with Crippen LogP contribution in [0.5, 0.6) is 0 Å². The van der Waals surface area contributed by atoms with Crippen molar-refractivity contribution in [1.82, 2.24) is 20.5 Å². The fourth-order valence-electron chi connectivity index (χ4n) is 2.10. The third-order valence-electron chi connectivity index (χ3n) is 3.21. The smallest absolute Gasteiger partial charge is 0.0794 e. The SMILES string of the molecule is Cc1cccnc1CNCc1cn[nH]c1-c1cccs1.